The maximum Gasteiger partial charge on any atom is 0.321 e. The number of nitrogens with one attached hydrogen (secondary N) is 2. The molecule has 0 bridgehead atoms. The lowest BCUT2D eigenvalue weighted by molar-refractivity contribution is -0.121. The molecule has 2 aromatic rings. The lowest BCUT2D eigenvalue weighted by Crippen LogP contribution is -2.43. The molecule has 0 radical (unpaired) electrons. The number of piperidine rings is 1. The van der Waals surface area contributed by atoms with Gasteiger partial charge in [-0.05, 0) is 56.2 Å². The lowest BCUT2D eigenvalue weighted by Gasteiger charge is -2.31. The third-order valence-electron chi connectivity index (χ3n) is 4.57. The van der Waals surface area contributed by atoms with Crippen molar-refractivity contribution in [2.75, 3.05) is 23.7 Å². The zero-order valence-corrected chi connectivity index (χ0v) is 15.4. The summed E-state index contributed by atoms with van der Waals surface area (Å²) in [7, 11) is 0. The van der Waals surface area contributed by atoms with Crippen molar-refractivity contribution in [1.29, 1.82) is 0 Å². The smallest absolute Gasteiger partial charge is 0.321 e. The topological polar surface area (TPSA) is 61.4 Å². The highest BCUT2D eigenvalue weighted by molar-refractivity contribution is 6.30. The van der Waals surface area contributed by atoms with Crippen LogP contribution in [-0.2, 0) is 4.79 Å². The maximum absolute atomic E-state index is 12.4. The van der Waals surface area contributed by atoms with Crippen molar-refractivity contribution in [2.45, 2.75) is 19.8 Å². The van der Waals surface area contributed by atoms with E-state index in [0.29, 0.717) is 36.6 Å². The summed E-state index contributed by atoms with van der Waals surface area (Å²) in [6.45, 7) is 3.13. The van der Waals surface area contributed by atoms with Gasteiger partial charge in [-0.3, -0.25) is 4.79 Å². The van der Waals surface area contributed by atoms with Gasteiger partial charge in [0.2, 0.25) is 5.91 Å². The number of carbonyl (C=O) groups is 2. The highest BCUT2D eigenvalue weighted by Crippen LogP contribution is 2.21. The highest BCUT2D eigenvalue weighted by atomic mass is 35.5. The van der Waals surface area contributed by atoms with Crippen LogP contribution >= 0.6 is 11.6 Å². The number of urea groups is 1. The first-order valence-corrected chi connectivity index (χ1v) is 9.08. The predicted molar refractivity (Wildman–Crippen MR) is 105 cm³/mol. The molecule has 0 aromatic heterocycles. The van der Waals surface area contributed by atoms with Gasteiger partial charge < -0.3 is 15.5 Å². The molecule has 0 saturated carbocycles. The molecule has 136 valence electrons. The molecule has 0 spiro atoms. The first-order chi connectivity index (χ1) is 12.5. The largest absolute Gasteiger partial charge is 0.326 e. The van der Waals surface area contributed by atoms with Gasteiger partial charge in [-0.15, -0.1) is 0 Å². The van der Waals surface area contributed by atoms with Crippen LogP contribution in [0.1, 0.15) is 18.4 Å². The number of aryl methyl sites for hydroxylation is 1. The number of nitrogens with zero attached hydrogens (tertiary/aromatic N) is 1. The number of hydrogen-bond acceptors (Lipinski definition) is 2. The van der Waals surface area contributed by atoms with Crippen molar-refractivity contribution in [3.63, 3.8) is 0 Å². The molecule has 6 heteroatoms. The summed E-state index contributed by atoms with van der Waals surface area (Å²) >= 11 is 5.85. The maximum atomic E-state index is 12.4. The van der Waals surface area contributed by atoms with Gasteiger partial charge in [0, 0.05) is 35.4 Å². The Labute approximate surface area is 158 Å². The van der Waals surface area contributed by atoms with Crippen molar-refractivity contribution in [3.8, 4) is 0 Å². The van der Waals surface area contributed by atoms with Crippen molar-refractivity contribution in [1.82, 2.24) is 4.90 Å². The van der Waals surface area contributed by atoms with E-state index < -0.39 is 0 Å². The van der Waals surface area contributed by atoms with Crippen LogP contribution in [0, 0.1) is 12.8 Å². The third-order valence-corrected chi connectivity index (χ3v) is 4.82. The van der Waals surface area contributed by atoms with Gasteiger partial charge >= 0.3 is 6.03 Å². The summed E-state index contributed by atoms with van der Waals surface area (Å²) in [4.78, 5) is 26.5. The molecule has 1 fully saturated rings. The number of rotatable bonds is 3. The lowest BCUT2D eigenvalue weighted by atomic mass is 9.96. The minimum Gasteiger partial charge on any atom is -0.326 e. The van der Waals surface area contributed by atoms with Crippen LogP contribution in [0.4, 0.5) is 16.2 Å². The quantitative estimate of drug-likeness (QED) is 0.832. The van der Waals surface area contributed by atoms with E-state index in [-0.39, 0.29) is 17.9 Å². The second kappa shape index (κ2) is 8.23. The second-order valence-electron chi connectivity index (χ2n) is 6.55. The van der Waals surface area contributed by atoms with Gasteiger partial charge in [0.15, 0.2) is 0 Å². The number of carbonyl (C=O) groups excluding carboxylic acids is 2. The number of benzene rings is 2. The first-order valence-electron chi connectivity index (χ1n) is 8.70. The Morgan fingerprint density at radius 2 is 1.46 bits per heavy atom. The Kier molecular flexibility index (Phi) is 5.78. The molecule has 1 saturated heterocycles. The van der Waals surface area contributed by atoms with E-state index in [1.807, 2.05) is 31.2 Å². The van der Waals surface area contributed by atoms with Gasteiger partial charge in [-0.1, -0.05) is 29.3 Å². The number of amides is 3. The number of anilines is 2. The number of halogens is 1. The Bertz CT molecular complexity index is 699. The van der Waals surface area contributed by atoms with E-state index in [4.69, 9.17) is 11.6 Å². The Hall–Kier alpha value is -2.53. The van der Waals surface area contributed by atoms with Crippen LogP contribution < -0.4 is 10.6 Å². The molecular formula is C20H22ClN3O2. The van der Waals surface area contributed by atoms with Crippen LogP contribution in [0.25, 0.3) is 0 Å². The average molecular weight is 372 g/mol. The van der Waals surface area contributed by atoms with E-state index in [2.05, 4.69) is 10.6 Å². The fourth-order valence-corrected chi connectivity index (χ4v) is 3.09. The van der Waals surface area contributed by atoms with E-state index in [9.17, 15) is 9.59 Å². The molecule has 5 nitrogen and oxygen atoms in total. The Balaban J connectivity index is 1.48. The second-order valence-corrected chi connectivity index (χ2v) is 6.99. The van der Waals surface area contributed by atoms with Crippen LogP contribution in [0.2, 0.25) is 5.02 Å². The fourth-order valence-electron chi connectivity index (χ4n) is 2.96. The summed E-state index contributed by atoms with van der Waals surface area (Å²) in [5, 5.41) is 6.44. The SMILES string of the molecule is Cc1ccc(NC(=O)C2CCN(C(=O)Nc3ccc(Cl)cc3)CC2)cc1. The van der Waals surface area contributed by atoms with Crippen LogP contribution in [0.15, 0.2) is 48.5 Å². The minimum atomic E-state index is -0.148. The molecule has 3 rings (SSSR count). The molecule has 1 heterocycles. The van der Waals surface area contributed by atoms with Crippen molar-refractivity contribution in [2.24, 2.45) is 5.92 Å². The van der Waals surface area contributed by atoms with Gasteiger partial charge in [-0.2, -0.15) is 0 Å². The van der Waals surface area contributed by atoms with E-state index in [1.165, 1.54) is 0 Å². The van der Waals surface area contributed by atoms with E-state index in [1.54, 1.807) is 29.2 Å². The average Bonchev–Trinajstić information content (AvgIpc) is 2.65. The van der Waals surface area contributed by atoms with Gasteiger partial charge in [0.25, 0.3) is 0 Å². The number of likely N-dealkylation sites (tertiary alicyclic amines) is 1. The molecular weight excluding hydrogens is 350 g/mol. The summed E-state index contributed by atoms with van der Waals surface area (Å²) < 4.78 is 0. The third kappa shape index (κ3) is 4.76. The van der Waals surface area contributed by atoms with Gasteiger partial charge in [0.1, 0.15) is 0 Å². The molecule has 3 amide bonds. The van der Waals surface area contributed by atoms with Crippen molar-refractivity contribution >= 4 is 34.9 Å². The molecule has 0 aliphatic carbocycles. The predicted octanol–water partition coefficient (Wildman–Crippen LogP) is 4.53. The Morgan fingerprint density at radius 1 is 0.923 bits per heavy atom. The van der Waals surface area contributed by atoms with Gasteiger partial charge in [-0.25, -0.2) is 4.79 Å². The molecule has 1 aliphatic rings. The highest BCUT2D eigenvalue weighted by Gasteiger charge is 2.27. The van der Waals surface area contributed by atoms with Crippen LogP contribution in [0.5, 0.6) is 0 Å². The monoisotopic (exact) mass is 371 g/mol. The molecule has 1 aliphatic heterocycles. The van der Waals surface area contributed by atoms with Gasteiger partial charge in [0.05, 0.1) is 0 Å². The standard InChI is InChI=1S/C20H22ClN3O2/c1-14-2-6-17(7-3-14)22-19(25)15-10-12-24(13-11-15)20(26)23-18-8-4-16(21)5-9-18/h2-9,15H,10-13H2,1H3,(H,22,25)(H,23,26). The normalized spacial score (nSPS) is 14.8. The zero-order chi connectivity index (χ0) is 18.5. The molecule has 2 aromatic carbocycles. The molecule has 2 N–H and O–H groups in total. The summed E-state index contributed by atoms with van der Waals surface area (Å²) in [6.07, 6.45) is 1.32. The minimum absolute atomic E-state index is 0.0200. The summed E-state index contributed by atoms with van der Waals surface area (Å²) in [6, 6.07) is 14.6. The molecule has 26 heavy (non-hydrogen) atoms. The van der Waals surface area contributed by atoms with Crippen molar-refractivity contribution < 1.29 is 9.59 Å². The summed E-state index contributed by atoms with van der Waals surface area (Å²) in [5.41, 5.74) is 2.67. The molecule has 0 unspecified atom stereocenters. The van der Waals surface area contributed by atoms with E-state index >= 15 is 0 Å². The first kappa shape index (κ1) is 18.3. The summed E-state index contributed by atoms with van der Waals surface area (Å²) in [5.74, 6) is -0.0532. The Morgan fingerprint density at radius 3 is 2.08 bits per heavy atom. The molecule has 0 atom stereocenters. The zero-order valence-electron chi connectivity index (χ0n) is 14.7. The van der Waals surface area contributed by atoms with E-state index in [0.717, 1.165) is 11.3 Å². The van der Waals surface area contributed by atoms with Crippen LogP contribution in [-0.4, -0.2) is 29.9 Å². The van der Waals surface area contributed by atoms with Crippen molar-refractivity contribution in [3.05, 3.63) is 59.1 Å². The van der Waals surface area contributed by atoms with Crippen LogP contribution in [0.3, 0.4) is 0 Å². The fraction of sp³-hybridized carbons (Fsp3) is 0.300. The number of hydrogen-bond donors (Lipinski definition) is 2.